The van der Waals surface area contributed by atoms with Crippen LogP contribution in [0.15, 0.2) is 42.5 Å². The maximum Gasteiger partial charge on any atom is 0.131 e. The van der Waals surface area contributed by atoms with Gasteiger partial charge in [0, 0.05) is 18.2 Å². The van der Waals surface area contributed by atoms with Crippen LogP contribution in [0.3, 0.4) is 0 Å². The second-order valence-corrected chi connectivity index (χ2v) is 3.82. The molecule has 2 rings (SSSR count). The van der Waals surface area contributed by atoms with Crippen molar-refractivity contribution in [3.05, 3.63) is 59.4 Å². The second-order valence-electron chi connectivity index (χ2n) is 3.82. The van der Waals surface area contributed by atoms with E-state index in [-0.39, 0.29) is 12.4 Å². The minimum absolute atomic E-state index is 0.198. The van der Waals surface area contributed by atoms with Crippen LogP contribution in [-0.4, -0.2) is 0 Å². The molecule has 0 saturated carbocycles. The normalized spacial score (nSPS) is 10.3. The molecule has 0 saturated heterocycles. The minimum atomic E-state index is -0.321. The van der Waals surface area contributed by atoms with Gasteiger partial charge < -0.3 is 10.5 Å². The molecule has 88 valence electrons. The number of benzene rings is 2. The SMILES string of the molecule is Cc1cc(Oc2ccccc2)cc(F)c1CN. The van der Waals surface area contributed by atoms with Crippen molar-refractivity contribution in [1.82, 2.24) is 0 Å². The highest BCUT2D eigenvalue weighted by molar-refractivity contribution is 5.38. The molecule has 0 radical (unpaired) electrons. The summed E-state index contributed by atoms with van der Waals surface area (Å²) in [5.74, 6) is 0.855. The third-order valence-electron chi connectivity index (χ3n) is 2.58. The van der Waals surface area contributed by atoms with Crippen molar-refractivity contribution in [3.8, 4) is 11.5 Å². The molecule has 0 fully saturated rings. The van der Waals surface area contributed by atoms with Crippen molar-refractivity contribution in [3.63, 3.8) is 0 Å². The Bertz CT molecular complexity index is 488. The molecule has 0 bridgehead atoms. The number of hydrogen-bond donors (Lipinski definition) is 1. The Morgan fingerprint density at radius 3 is 2.41 bits per heavy atom. The zero-order chi connectivity index (χ0) is 12.3. The van der Waals surface area contributed by atoms with Crippen LogP contribution in [-0.2, 0) is 6.54 Å². The van der Waals surface area contributed by atoms with Crippen LogP contribution >= 0.6 is 0 Å². The van der Waals surface area contributed by atoms with Gasteiger partial charge in [0.15, 0.2) is 0 Å². The molecule has 0 aliphatic heterocycles. The van der Waals surface area contributed by atoms with Gasteiger partial charge in [-0.1, -0.05) is 18.2 Å². The van der Waals surface area contributed by atoms with Crippen LogP contribution in [0.25, 0.3) is 0 Å². The van der Waals surface area contributed by atoms with Crippen LogP contribution in [0.4, 0.5) is 4.39 Å². The number of nitrogens with two attached hydrogens (primary N) is 1. The van der Waals surface area contributed by atoms with Crippen LogP contribution in [0.1, 0.15) is 11.1 Å². The van der Waals surface area contributed by atoms with Crippen molar-refractivity contribution in [2.24, 2.45) is 5.73 Å². The van der Waals surface area contributed by atoms with Gasteiger partial charge >= 0.3 is 0 Å². The summed E-state index contributed by atoms with van der Waals surface area (Å²) in [6.07, 6.45) is 0. The van der Waals surface area contributed by atoms with Crippen LogP contribution in [0, 0.1) is 12.7 Å². The molecule has 2 aromatic carbocycles. The summed E-state index contributed by atoms with van der Waals surface area (Å²) >= 11 is 0. The smallest absolute Gasteiger partial charge is 0.131 e. The lowest BCUT2D eigenvalue weighted by atomic mass is 10.1. The fraction of sp³-hybridized carbons (Fsp3) is 0.143. The monoisotopic (exact) mass is 231 g/mol. The highest BCUT2D eigenvalue weighted by atomic mass is 19.1. The Morgan fingerprint density at radius 1 is 1.12 bits per heavy atom. The summed E-state index contributed by atoms with van der Waals surface area (Å²) < 4.78 is 19.2. The van der Waals surface area contributed by atoms with Crippen molar-refractivity contribution in [2.45, 2.75) is 13.5 Å². The maximum atomic E-state index is 13.7. The lowest BCUT2D eigenvalue weighted by Gasteiger charge is -2.10. The van der Waals surface area contributed by atoms with Crippen molar-refractivity contribution in [2.75, 3.05) is 0 Å². The van der Waals surface area contributed by atoms with Crippen molar-refractivity contribution in [1.29, 1.82) is 0 Å². The van der Waals surface area contributed by atoms with Gasteiger partial charge in [-0.3, -0.25) is 0 Å². The quantitative estimate of drug-likeness (QED) is 0.878. The van der Waals surface area contributed by atoms with Gasteiger partial charge in [0.2, 0.25) is 0 Å². The second kappa shape index (κ2) is 4.97. The van der Waals surface area contributed by atoms with E-state index in [1.807, 2.05) is 37.3 Å². The molecule has 0 aliphatic carbocycles. The van der Waals surface area contributed by atoms with E-state index in [9.17, 15) is 4.39 Å². The molecule has 2 N–H and O–H groups in total. The Hall–Kier alpha value is -1.87. The summed E-state index contributed by atoms with van der Waals surface area (Å²) in [4.78, 5) is 0. The van der Waals surface area contributed by atoms with Crippen LogP contribution in [0.5, 0.6) is 11.5 Å². The van der Waals surface area contributed by atoms with E-state index in [0.717, 1.165) is 5.56 Å². The first-order chi connectivity index (χ1) is 8.20. The first-order valence-electron chi connectivity index (χ1n) is 5.42. The van der Waals surface area contributed by atoms with Gasteiger partial charge in [0.1, 0.15) is 17.3 Å². The molecule has 0 aromatic heterocycles. The average molecular weight is 231 g/mol. The molecule has 17 heavy (non-hydrogen) atoms. The number of hydrogen-bond acceptors (Lipinski definition) is 2. The molecule has 0 spiro atoms. The molecule has 2 nitrogen and oxygen atoms in total. The molecule has 0 aliphatic rings. The van der Waals surface area contributed by atoms with E-state index in [1.165, 1.54) is 6.07 Å². The predicted octanol–water partition coefficient (Wildman–Crippen LogP) is 3.39. The van der Waals surface area contributed by atoms with Gasteiger partial charge in [0.05, 0.1) is 0 Å². The van der Waals surface area contributed by atoms with E-state index in [0.29, 0.717) is 17.1 Å². The van der Waals surface area contributed by atoms with Gasteiger partial charge in [0.25, 0.3) is 0 Å². The number of rotatable bonds is 3. The largest absolute Gasteiger partial charge is 0.457 e. The van der Waals surface area contributed by atoms with E-state index >= 15 is 0 Å². The molecular formula is C14H14FNO. The summed E-state index contributed by atoms with van der Waals surface area (Å²) in [5.41, 5.74) is 6.81. The summed E-state index contributed by atoms with van der Waals surface area (Å²) in [6, 6.07) is 12.4. The van der Waals surface area contributed by atoms with Crippen molar-refractivity contribution < 1.29 is 9.13 Å². The third-order valence-corrected chi connectivity index (χ3v) is 2.58. The Morgan fingerprint density at radius 2 is 1.82 bits per heavy atom. The number of para-hydroxylation sites is 1. The minimum Gasteiger partial charge on any atom is -0.457 e. The number of ether oxygens (including phenoxy) is 1. The van der Waals surface area contributed by atoms with Crippen LogP contribution < -0.4 is 10.5 Å². The Balaban J connectivity index is 2.29. The predicted molar refractivity (Wildman–Crippen MR) is 65.5 cm³/mol. The Labute approximate surface area is 99.8 Å². The van der Waals surface area contributed by atoms with E-state index in [4.69, 9.17) is 10.5 Å². The lowest BCUT2D eigenvalue weighted by Crippen LogP contribution is -2.03. The molecule has 3 heteroatoms. The van der Waals surface area contributed by atoms with E-state index in [2.05, 4.69) is 0 Å². The van der Waals surface area contributed by atoms with Gasteiger partial charge in [-0.25, -0.2) is 4.39 Å². The zero-order valence-corrected chi connectivity index (χ0v) is 9.61. The highest BCUT2D eigenvalue weighted by Gasteiger charge is 2.07. The zero-order valence-electron chi connectivity index (χ0n) is 9.61. The number of halogens is 1. The van der Waals surface area contributed by atoms with Crippen molar-refractivity contribution >= 4 is 0 Å². The van der Waals surface area contributed by atoms with E-state index < -0.39 is 0 Å². The summed E-state index contributed by atoms with van der Waals surface area (Å²) in [6.45, 7) is 2.02. The van der Waals surface area contributed by atoms with E-state index in [1.54, 1.807) is 6.07 Å². The van der Waals surface area contributed by atoms with Gasteiger partial charge in [-0.15, -0.1) is 0 Å². The Kier molecular flexibility index (Phi) is 3.40. The highest BCUT2D eigenvalue weighted by Crippen LogP contribution is 2.25. The molecule has 0 unspecified atom stereocenters. The fourth-order valence-electron chi connectivity index (χ4n) is 1.68. The summed E-state index contributed by atoms with van der Waals surface area (Å²) in [5, 5.41) is 0. The third kappa shape index (κ3) is 2.63. The summed E-state index contributed by atoms with van der Waals surface area (Å²) in [7, 11) is 0. The average Bonchev–Trinajstić information content (AvgIpc) is 2.30. The molecule has 0 atom stereocenters. The van der Waals surface area contributed by atoms with Gasteiger partial charge in [-0.2, -0.15) is 0 Å². The van der Waals surface area contributed by atoms with Crippen LogP contribution in [0.2, 0.25) is 0 Å². The number of aryl methyl sites for hydroxylation is 1. The first-order valence-corrected chi connectivity index (χ1v) is 5.42. The molecule has 2 aromatic rings. The molecule has 0 heterocycles. The van der Waals surface area contributed by atoms with Gasteiger partial charge in [-0.05, 0) is 30.7 Å². The topological polar surface area (TPSA) is 35.2 Å². The molecule has 0 amide bonds. The fourth-order valence-corrected chi connectivity index (χ4v) is 1.68. The first kappa shape index (κ1) is 11.6. The standard InChI is InChI=1S/C14H14FNO/c1-10-7-12(8-14(15)13(10)9-16)17-11-5-3-2-4-6-11/h2-8H,9,16H2,1H3. The maximum absolute atomic E-state index is 13.7. The molecular weight excluding hydrogens is 217 g/mol. The lowest BCUT2D eigenvalue weighted by molar-refractivity contribution is 0.475.